The van der Waals surface area contributed by atoms with Crippen molar-refractivity contribution in [1.82, 2.24) is 24.5 Å². The third kappa shape index (κ3) is 3.05. The van der Waals surface area contributed by atoms with Crippen molar-refractivity contribution in [2.75, 3.05) is 31.1 Å². The molecule has 0 radical (unpaired) electrons. The predicted octanol–water partition coefficient (Wildman–Crippen LogP) is 2.75. The molecule has 1 aliphatic heterocycles. The van der Waals surface area contributed by atoms with Crippen LogP contribution in [0.2, 0.25) is 10.0 Å². The van der Waals surface area contributed by atoms with Crippen LogP contribution in [0.1, 0.15) is 5.56 Å². The summed E-state index contributed by atoms with van der Waals surface area (Å²) >= 11 is 12.1. The highest BCUT2D eigenvalue weighted by atomic mass is 35.5. The Kier molecular flexibility index (Phi) is 4.26. The Morgan fingerprint density at radius 2 is 1.88 bits per heavy atom. The van der Waals surface area contributed by atoms with Crippen molar-refractivity contribution in [3.8, 4) is 0 Å². The largest absolute Gasteiger partial charge is 0.351 e. The summed E-state index contributed by atoms with van der Waals surface area (Å²) in [5, 5.41) is 9.32. The first-order chi connectivity index (χ1) is 11.7. The Morgan fingerprint density at radius 3 is 2.67 bits per heavy atom. The van der Waals surface area contributed by atoms with Crippen molar-refractivity contribution in [1.29, 1.82) is 0 Å². The standard InChI is InChI=1S/C16H16Cl2N6/c17-13-2-1-12(9-14(13)18)10-22-5-7-23(8-6-22)15-16-21-20-11-24(16)4-3-19-15/h1-4,9,11H,5-8,10H2. The van der Waals surface area contributed by atoms with E-state index in [2.05, 4.69) is 25.0 Å². The van der Waals surface area contributed by atoms with E-state index in [-0.39, 0.29) is 0 Å². The summed E-state index contributed by atoms with van der Waals surface area (Å²) in [7, 11) is 0. The van der Waals surface area contributed by atoms with E-state index < -0.39 is 0 Å². The van der Waals surface area contributed by atoms with Gasteiger partial charge in [0.1, 0.15) is 6.33 Å². The van der Waals surface area contributed by atoms with Crippen LogP contribution in [0, 0.1) is 0 Å². The van der Waals surface area contributed by atoms with Crippen LogP contribution in [0.3, 0.4) is 0 Å². The van der Waals surface area contributed by atoms with Gasteiger partial charge in [-0.05, 0) is 17.7 Å². The second-order valence-corrected chi connectivity index (χ2v) is 6.64. The third-order valence-electron chi connectivity index (χ3n) is 4.26. The van der Waals surface area contributed by atoms with Crippen molar-refractivity contribution in [3.05, 3.63) is 52.5 Å². The Hall–Kier alpha value is -1.89. The summed E-state index contributed by atoms with van der Waals surface area (Å²) in [5.41, 5.74) is 1.98. The van der Waals surface area contributed by atoms with Gasteiger partial charge in [0.05, 0.1) is 10.0 Å². The summed E-state index contributed by atoms with van der Waals surface area (Å²) in [5.74, 6) is 0.893. The lowest BCUT2D eigenvalue weighted by Crippen LogP contribution is -2.46. The van der Waals surface area contributed by atoms with E-state index in [4.69, 9.17) is 23.2 Å². The molecule has 0 N–H and O–H groups in total. The number of piperazine rings is 1. The zero-order valence-corrected chi connectivity index (χ0v) is 14.5. The molecule has 0 aliphatic carbocycles. The van der Waals surface area contributed by atoms with Gasteiger partial charge in [0.25, 0.3) is 0 Å². The van der Waals surface area contributed by atoms with Crippen molar-refractivity contribution >= 4 is 34.7 Å². The lowest BCUT2D eigenvalue weighted by atomic mass is 10.2. The van der Waals surface area contributed by atoms with Crippen LogP contribution >= 0.6 is 23.2 Å². The van der Waals surface area contributed by atoms with Gasteiger partial charge in [0, 0.05) is 45.1 Å². The van der Waals surface area contributed by atoms with E-state index in [1.54, 1.807) is 12.5 Å². The highest BCUT2D eigenvalue weighted by Gasteiger charge is 2.20. The highest BCUT2D eigenvalue weighted by molar-refractivity contribution is 6.42. The molecule has 6 nitrogen and oxygen atoms in total. The van der Waals surface area contributed by atoms with E-state index in [1.807, 2.05) is 28.8 Å². The number of hydrogen-bond donors (Lipinski definition) is 0. The van der Waals surface area contributed by atoms with Crippen LogP contribution in [-0.4, -0.2) is 50.7 Å². The fourth-order valence-corrected chi connectivity index (χ4v) is 3.30. The van der Waals surface area contributed by atoms with E-state index in [0.29, 0.717) is 10.0 Å². The van der Waals surface area contributed by atoms with Crippen LogP contribution < -0.4 is 4.90 Å². The minimum absolute atomic E-state index is 0.595. The molecule has 1 fully saturated rings. The molecule has 1 aliphatic rings. The number of nitrogens with zero attached hydrogens (tertiary/aromatic N) is 6. The zero-order valence-electron chi connectivity index (χ0n) is 12.9. The third-order valence-corrected chi connectivity index (χ3v) is 5.00. The maximum Gasteiger partial charge on any atom is 0.203 e. The predicted molar refractivity (Wildman–Crippen MR) is 94.7 cm³/mol. The number of anilines is 1. The minimum atomic E-state index is 0.595. The second kappa shape index (κ2) is 6.55. The van der Waals surface area contributed by atoms with E-state index in [0.717, 1.165) is 44.2 Å². The summed E-state index contributed by atoms with van der Waals surface area (Å²) in [4.78, 5) is 9.15. The second-order valence-electron chi connectivity index (χ2n) is 5.82. The highest BCUT2D eigenvalue weighted by Crippen LogP contribution is 2.24. The monoisotopic (exact) mass is 362 g/mol. The van der Waals surface area contributed by atoms with Gasteiger partial charge in [-0.25, -0.2) is 4.98 Å². The maximum absolute atomic E-state index is 6.10. The molecule has 124 valence electrons. The van der Waals surface area contributed by atoms with Gasteiger partial charge < -0.3 is 4.90 Å². The minimum Gasteiger partial charge on any atom is -0.351 e. The maximum atomic E-state index is 6.10. The topological polar surface area (TPSA) is 49.6 Å². The van der Waals surface area contributed by atoms with Gasteiger partial charge in [0.2, 0.25) is 5.65 Å². The van der Waals surface area contributed by atoms with Crippen molar-refractivity contribution < 1.29 is 0 Å². The SMILES string of the molecule is Clc1ccc(CN2CCN(c3nccn4cnnc34)CC2)cc1Cl. The lowest BCUT2D eigenvalue weighted by molar-refractivity contribution is 0.249. The van der Waals surface area contributed by atoms with Crippen molar-refractivity contribution in [2.24, 2.45) is 0 Å². The molecule has 0 spiro atoms. The Bertz CT molecular complexity index is 857. The summed E-state index contributed by atoms with van der Waals surface area (Å²) < 4.78 is 1.89. The molecular weight excluding hydrogens is 347 g/mol. The number of halogens is 2. The van der Waals surface area contributed by atoms with Crippen molar-refractivity contribution in [2.45, 2.75) is 6.54 Å². The van der Waals surface area contributed by atoms with Gasteiger partial charge >= 0.3 is 0 Å². The molecule has 3 aromatic rings. The van der Waals surface area contributed by atoms with Gasteiger partial charge in [-0.15, -0.1) is 10.2 Å². The normalized spacial score (nSPS) is 16.0. The molecule has 0 amide bonds. The molecule has 4 rings (SSSR count). The molecule has 3 heterocycles. The fraction of sp³-hybridized carbons (Fsp3) is 0.312. The first-order valence-electron chi connectivity index (χ1n) is 7.76. The molecule has 1 aromatic carbocycles. The van der Waals surface area contributed by atoms with Crippen LogP contribution in [-0.2, 0) is 6.54 Å². The lowest BCUT2D eigenvalue weighted by Gasteiger charge is -2.35. The average molecular weight is 363 g/mol. The first-order valence-corrected chi connectivity index (χ1v) is 8.52. The summed E-state index contributed by atoms with van der Waals surface area (Å²) in [6, 6.07) is 5.82. The molecule has 2 aromatic heterocycles. The number of benzene rings is 1. The van der Waals surface area contributed by atoms with Gasteiger partial charge in [0.15, 0.2) is 5.82 Å². The smallest absolute Gasteiger partial charge is 0.203 e. The Balaban J connectivity index is 1.43. The summed E-state index contributed by atoms with van der Waals surface area (Å²) in [6.07, 6.45) is 5.34. The fourth-order valence-electron chi connectivity index (χ4n) is 2.98. The van der Waals surface area contributed by atoms with E-state index in [9.17, 15) is 0 Å². The van der Waals surface area contributed by atoms with Crippen molar-refractivity contribution in [3.63, 3.8) is 0 Å². The van der Waals surface area contributed by atoms with E-state index >= 15 is 0 Å². The molecule has 1 saturated heterocycles. The van der Waals surface area contributed by atoms with Gasteiger partial charge in [-0.3, -0.25) is 9.30 Å². The summed E-state index contributed by atoms with van der Waals surface area (Å²) in [6.45, 7) is 4.59. The van der Waals surface area contributed by atoms with Crippen LogP contribution in [0.25, 0.3) is 5.65 Å². The van der Waals surface area contributed by atoms with Crippen LogP contribution in [0.5, 0.6) is 0 Å². The molecule has 0 atom stereocenters. The molecule has 0 saturated carbocycles. The molecule has 0 unspecified atom stereocenters. The Labute approximate surface area is 149 Å². The quantitative estimate of drug-likeness (QED) is 0.716. The Morgan fingerprint density at radius 1 is 1.04 bits per heavy atom. The average Bonchev–Trinajstić information content (AvgIpc) is 3.08. The first kappa shape index (κ1) is 15.6. The number of hydrogen-bond acceptors (Lipinski definition) is 5. The zero-order chi connectivity index (χ0) is 16.5. The molecule has 8 heteroatoms. The number of aromatic nitrogens is 4. The van der Waals surface area contributed by atoms with Crippen LogP contribution in [0.15, 0.2) is 36.9 Å². The number of fused-ring (bicyclic) bond motifs is 1. The molecular formula is C16H16Cl2N6. The van der Waals surface area contributed by atoms with Gasteiger partial charge in [-0.2, -0.15) is 0 Å². The van der Waals surface area contributed by atoms with Crippen LogP contribution in [0.4, 0.5) is 5.82 Å². The number of rotatable bonds is 3. The molecule has 24 heavy (non-hydrogen) atoms. The molecule has 0 bridgehead atoms. The van der Waals surface area contributed by atoms with E-state index in [1.165, 1.54) is 5.56 Å². The van der Waals surface area contributed by atoms with Gasteiger partial charge in [-0.1, -0.05) is 29.3 Å².